The van der Waals surface area contributed by atoms with Crippen LogP contribution in [0.5, 0.6) is 5.75 Å². The maximum absolute atomic E-state index is 6.13. The predicted molar refractivity (Wildman–Crippen MR) is 129 cm³/mol. The summed E-state index contributed by atoms with van der Waals surface area (Å²) in [5.41, 5.74) is 4.48. The van der Waals surface area contributed by atoms with Gasteiger partial charge < -0.3 is 19.8 Å². The van der Waals surface area contributed by atoms with Crippen molar-refractivity contribution in [1.82, 2.24) is 9.88 Å². The Kier molecular flexibility index (Phi) is 5.92. The van der Waals surface area contributed by atoms with E-state index in [-0.39, 0.29) is 6.04 Å². The minimum atomic E-state index is 0.0970. The Balaban J connectivity index is 1.28. The Morgan fingerprint density at radius 3 is 2.91 bits per heavy atom. The molecule has 0 saturated carbocycles. The maximum Gasteiger partial charge on any atom is 0.225 e. The number of H-pyrrole nitrogens is 1. The number of aromatic amines is 1. The van der Waals surface area contributed by atoms with Crippen molar-refractivity contribution in [2.24, 2.45) is 9.98 Å². The van der Waals surface area contributed by atoms with Crippen molar-refractivity contribution in [3.63, 3.8) is 0 Å². The van der Waals surface area contributed by atoms with Crippen LogP contribution in [0.4, 0.5) is 5.69 Å². The average Bonchev–Trinajstić information content (AvgIpc) is 3.13. The van der Waals surface area contributed by atoms with Crippen molar-refractivity contribution in [1.29, 1.82) is 0 Å². The number of aryl methyl sites for hydroxylation is 1. The van der Waals surface area contributed by atoms with Crippen molar-refractivity contribution in [2.75, 3.05) is 31.6 Å². The van der Waals surface area contributed by atoms with Crippen LogP contribution in [-0.2, 0) is 11.3 Å². The minimum absolute atomic E-state index is 0.0970. The number of benzene rings is 2. The highest BCUT2D eigenvalue weighted by Crippen LogP contribution is 2.23. The number of nitrogens with one attached hydrogen (secondary N) is 2. The molecule has 2 aromatic carbocycles. The van der Waals surface area contributed by atoms with Crippen LogP contribution in [0.3, 0.4) is 0 Å². The number of hydrogen-bond acceptors (Lipinski definition) is 6. The molecule has 0 amide bonds. The molecule has 32 heavy (non-hydrogen) atoms. The van der Waals surface area contributed by atoms with Gasteiger partial charge in [0.25, 0.3) is 0 Å². The van der Waals surface area contributed by atoms with Crippen molar-refractivity contribution < 1.29 is 9.47 Å². The molecule has 3 heterocycles. The van der Waals surface area contributed by atoms with E-state index in [2.05, 4.69) is 63.3 Å². The number of nitrogens with zero attached hydrogens (tertiary/aromatic N) is 3. The van der Waals surface area contributed by atoms with E-state index in [1.807, 2.05) is 24.3 Å². The van der Waals surface area contributed by atoms with Gasteiger partial charge >= 0.3 is 0 Å². The molecule has 5 rings (SSSR count). The number of anilines is 1. The van der Waals surface area contributed by atoms with Crippen LogP contribution in [0.2, 0.25) is 0 Å². The quantitative estimate of drug-likeness (QED) is 0.644. The highest BCUT2D eigenvalue weighted by atomic mass is 16.5. The second kappa shape index (κ2) is 9.14. The molecule has 7 heteroatoms. The molecule has 1 aromatic heterocycles. The van der Waals surface area contributed by atoms with E-state index in [0.29, 0.717) is 18.3 Å². The summed E-state index contributed by atoms with van der Waals surface area (Å²) >= 11 is 0. The first-order valence-corrected chi connectivity index (χ1v) is 11.2. The lowest BCUT2D eigenvalue weighted by atomic mass is 10.2. The number of aromatic nitrogens is 1. The van der Waals surface area contributed by atoms with E-state index in [4.69, 9.17) is 9.47 Å². The zero-order valence-electron chi connectivity index (χ0n) is 18.6. The standard InChI is InChI=1S/C25H29N5O2/c1-17-12-20-15-22(6-7-23(20)26-17)32-24-13-18(2)27-25(29-24)28-21-5-3-4-19(14-21)16-30-8-10-31-11-9-30/h3-7,12,14-15,18,26H,8-11,13,16H2,1-2H3,(H,27,28). The van der Waals surface area contributed by atoms with E-state index in [1.165, 1.54) is 5.56 Å². The largest absolute Gasteiger partial charge is 0.443 e. The summed E-state index contributed by atoms with van der Waals surface area (Å²) in [6.07, 6.45) is 0.673. The number of rotatable bonds is 4. The molecule has 0 radical (unpaired) electrons. The van der Waals surface area contributed by atoms with Crippen LogP contribution in [0.15, 0.2) is 58.5 Å². The summed E-state index contributed by atoms with van der Waals surface area (Å²) < 4.78 is 11.6. The van der Waals surface area contributed by atoms with Crippen LogP contribution in [0, 0.1) is 6.92 Å². The predicted octanol–water partition coefficient (Wildman–Crippen LogP) is 4.35. The van der Waals surface area contributed by atoms with Crippen molar-refractivity contribution in [2.45, 2.75) is 32.9 Å². The fourth-order valence-corrected chi connectivity index (χ4v) is 4.17. The molecule has 1 saturated heterocycles. The van der Waals surface area contributed by atoms with Crippen LogP contribution >= 0.6 is 0 Å². The first kappa shape index (κ1) is 20.7. The Labute approximate surface area is 188 Å². The second-order valence-electron chi connectivity index (χ2n) is 8.53. The fourth-order valence-electron chi connectivity index (χ4n) is 4.17. The third kappa shape index (κ3) is 5.00. The van der Waals surface area contributed by atoms with E-state index in [9.17, 15) is 0 Å². The summed E-state index contributed by atoms with van der Waals surface area (Å²) in [6, 6.07) is 16.7. The highest BCUT2D eigenvalue weighted by Gasteiger charge is 2.17. The first-order valence-electron chi connectivity index (χ1n) is 11.2. The molecule has 1 atom stereocenters. The van der Waals surface area contributed by atoms with Crippen molar-refractivity contribution >= 4 is 28.4 Å². The van der Waals surface area contributed by atoms with Crippen LogP contribution in [0.1, 0.15) is 24.6 Å². The summed E-state index contributed by atoms with van der Waals surface area (Å²) in [7, 11) is 0. The van der Waals surface area contributed by atoms with Gasteiger partial charge in [-0.2, -0.15) is 4.99 Å². The van der Waals surface area contributed by atoms with Crippen molar-refractivity contribution in [3.05, 3.63) is 59.8 Å². The average molecular weight is 432 g/mol. The molecule has 1 unspecified atom stereocenters. The molecule has 7 nitrogen and oxygen atoms in total. The summed E-state index contributed by atoms with van der Waals surface area (Å²) in [5.74, 6) is 2.04. The first-order chi connectivity index (χ1) is 15.6. The Bertz CT molecular complexity index is 1160. The number of hydrogen-bond donors (Lipinski definition) is 2. The SMILES string of the molecule is Cc1cc2cc(OC3=NC(Nc4cccc(CN5CCOCC5)c4)=NC(C)C3)ccc2[nH]1. The molecule has 2 aliphatic rings. The monoisotopic (exact) mass is 431 g/mol. The lowest BCUT2D eigenvalue weighted by molar-refractivity contribution is 0.0342. The van der Waals surface area contributed by atoms with Crippen molar-refractivity contribution in [3.8, 4) is 5.75 Å². The summed E-state index contributed by atoms with van der Waals surface area (Å²) in [4.78, 5) is 15.1. The van der Waals surface area contributed by atoms with Gasteiger partial charge in [0.1, 0.15) is 5.75 Å². The maximum atomic E-state index is 6.13. The molecule has 0 bridgehead atoms. The molecule has 2 aliphatic heterocycles. The van der Waals surface area contributed by atoms with E-state index in [0.717, 1.165) is 60.9 Å². The summed E-state index contributed by atoms with van der Waals surface area (Å²) in [6.45, 7) is 8.61. The normalized spacial score (nSPS) is 19.5. The summed E-state index contributed by atoms with van der Waals surface area (Å²) in [5, 5.41) is 4.50. The number of aliphatic imine (C=N–C) groups is 2. The van der Waals surface area contributed by atoms with Crippen LogP contribution in [0.25, 0.3) is 10.9 Å². The third-order valence-corrected chi connectivity index (χ3v) is 5.70. The molecule has 2 N–H and O–H groups in total. The number of ether oxygens (including phenoxy) is 2. The van der Waals surface area contributed by atoms with Gasteiger partial charge in [-0.25, -0.2) is 4.99 Å². The van der Waals surface area contributed by atoms with Gasteiger partial charge in [0.05, 0.1) is 19.3 Å². The van der Waals surface area contributed by atoms with Gasteiger partial charge in [-0.15, -0.1) is 0 Å². The smallest absolute Gasteiger partial charge is 0.225 e. The minimum Gasteiger partial charge on any atom is -0.443 e. The highest BCUT2D eigenvalue weighted by molar-refractivity contribution is 6.03. The molecule has 0 spiro atoms. The molecule has 3 aromatic rings. The Morgan fingerprint density at radius 2 is 2.03 bits per heavy atom. The number of fused-ring (bicyclic) bond motifs is 1. The van der Waals surface area contributed by atoms with E-state index >= 15 is 0 Å². The van der Waals surface area contributed by atoms with Crippen LogP contribution < -0.4 is 10.1 Å². The van der Waals surface area contributed by atoms with Gasteiger partial charge in [-0.05, 0) is 55.8 Å². The lowest BCUT2D eigenvalue weighted by Crippen LogP contribution is -2.35. The van der Waals surface area contributed by atoms with Gasteiger partial charge in [-0.3, -0.25) is 4.90 Å². The second-order valence-corrected chi connectivity index (χ2v) is 8.53. The Morgan fingerprint density at radius 1 is 1.16 bits per heavy atom. The van der Waals surface area contributed by atoms with E-state index < -0.39 is 0 Å². The molecule has 1 fully saturated rings. The van der Waals surface area contributed by atoms with E-state index in [1.54, 1.807) is 0 Å². The number of guanidine groups is 1. The molecule has 166 valence electrons. The third-order valence-electron chi connectivity index (χ3n) is 5.70. The van der Waals surface area contributed by atoms with Crippen LogP contribution in [-0.4, -0.2) is 54.1 Å². The zero-order chi connectivity index (χ0) is 21.9. The fraction of sp³-hybridized carbons (Fsp3) is 0.360. The zero-order valence-corrected chi connectivity index (χ0v) is 18.6. The molecular formula is C25H29N5O2. The molecule has 0 aliphatic carbocycles. The van der Waals surface area contributed by atoms with Gasteiger partial charge in [-0.1, -0.05) is 12.1 Å². The van der Waals surface area contributed by atoms with Gasteiger partial charge in [0.15, 0.2) is 5.90 Å². The lowest BCUT2D eigenvalue weighted by Gasteiger charge is -2.26. The topological polar surface area (TPSA) is 74.2 Å². The van der Waals surface area contributed by atoms with Gasteiger partial charge in [0.2, 0.25) is 5.96 Å². The van der Waals surface area contributed by atoms with Gasteiger partial charge in [0, 0.05) is 48.3 Å². The molecular weight excluding hydrogens is 402 g/mol. The number of morpholine rings is 1. The Hall–Kier alpha value is -3.16.